The summed E-state index contributed by atoms with van der Waals surface area (Å²) in [6.07, 6.45) is 0. The van der Waals surface area contributed by atoms with Crippen LogP contribution in [0.4, 0.5) is 0 Å². The Balaban J connectivity index is 1.62. The molecule has 1 saturated heterocycles. The van der Waals surface area contributed by atoms with E-state index in [1.54, 1.807) is 0 Å². The van der Waals surface area contributed by atoms with Gasteiger partial charge >= 0.3 is 0 Å². The lowest BCUT2D eigenvalue weighted by Gasteiger charge is -2.36. The summed E-state index contributed by atoms with van der Waals surface area (Å²) in [4.78, 5) is 0. The molecule has 4 heteroatoms. The Morgan fingerprint density at radius 2 is 1.67 bits per heavy atom. The first-order chi connectivity index (χ1) is 9.79. The minimum Gasteiger partial charge on any atom is -0.415 e. The van der Waals surface area contributed by atoms with Gasteiger partial charge in [-0.05, 0) is 23.7 Å². The second-order valence-electron chi connectivity index (χ2n) is 7.45. The van der Waals surface area contributed by atoms with Gasteiger partial charge in [-0.3, -0.25) is 0 Å². The highest BCUT2D eigenvalue weighted by molar-refractivity contribution is 6.74. The summed E-state index contributed by atoms with van der Waals surface area (Å²) in [6.45, 7) is 13.7. The van der Waals surface area contributed by atoms with E-state index in [2.05, 4.69) is 51.3 Å². The van der Waals surface area contributed by atoms with Crippen molar-refractivity contribution in [1.29, 1.82) is 0 Å². The second kappa shape index (κ2) is 6.61. The zero-order valence-electron chi connectivity index (χ0n) is 14.0. The Bertz CT molecular complexity index is 442. The van der Waals surface area contributed by atoms with Crippen LogP contribution in [0.25, 0.3) is 0 Å². The Morgan fingerprint density at radius 1 is 1.05 bits per heavy atom. The van der Waals surface area contributed by atoms with Crippen molar-refractivity contribution >= 4 is 8.32 Å². The number of ether oxygens (including phenoxy) is 1. The summed E-state index contributed by atoms with van der Waals surface area (Å²) in [6, 6.07) is 11.2. The molecular weight excluding hydrogens is 278 g/mol. The lowest BCUT2D eigenvalue weighted by Crippen LogP contribution is -2.42. The van der Waals surface area contributed by atoms with E-state index in [0.29, 0.717) is 18.7 Å². The summed E-state index contributed by atoms with van der Waals surface area (Å²) >= 11 is 0. The van der Waals surface area contributed by atoms with Gasteiger partial charge in [-0.25, -0.2) is 0 Å². The van der Waals surface area contributed by atoms with E-state index < -0.39 is 8.32 Å². The molecule has 0 aliphatic carbocycles. The smallest absolute Gasteiger partial charge is 0.192 e. The number of hydrogen-bond donors (Lipinski definition) is 1. The number of benzene rings is 1. The van der Waals surface area contributed by atoms with E-state index in [1.165, 1.54) is 5.56 Å². The minimum atomic E-state index is -1.62. The molecule has 1 heterocycles. The van der Waals surface area contributed by atoms with Crippen LogP contribution in [-0.2, 0) is 15.8 Å². The molecule has 1 aromatic rings. The highest BCUT2D eigenvalue weighted by Gasteiger charge is 2.41. The summed E-state index contributed by atoms with van der Waals surface area (Å²) in [5, 5.41) is 3.73. The molecule has 1 aromatic carbocycles. The first-order valence-electron chi connectivity index (χ1n) is 7.81. The molecule has 0 bridgehead atoms. The van der Waals surface area contributed by atoms with Crippen LogP contribution in [0.2, 0.25) is 18.1 Å². The van der Waals surface area contributed by atoms with E-state index in [1.807, 2.05) is 18.2 Å². The van der Waals surface area contributed by atoms with Crippen LogP contribution in [0.3, 0.4) is 0 Å². The highest BCUT2D eigenvalue weighted by atomic mass is 28.4. The van der Waals surface area contributed by atoms with Crippen LogP contribution < -0.4 is 5.32 Å². The quantitative estimate of drug-likeness (QED) is 0.618. The molecule has 1 N–H and O–H groups in total. The Kier molecular flexibility index (Phi) is 5.25. The summed E-state index contributed by atoms with van der Waals surface area (Å²) < 4.78 is 12.0. The average Bonchev–Trinajstić information content (AvgIpc) is 3.15. The van der Waals surface area contributed by atoms with Crippen molar-refractivity contribution in [3.63, 3.8) is 0 Å². The molecule has 1 aliphatic rings. The standard InChI is InChI=1S/C17H29NO2Si/c1-17(2,3)21(4,5)20-13-16-15(18-16)12-19-11-14-9-7-6-8-10-14/h6-10,15-16,18H,11-13H2,1-5H3/t15-,16+/m1/s1. The highest BCUT2D eigenvalue weighted by Crippen LogP contribution is 2.37. The average molecular weight is 308 g/mol. The predicted molar refractivity (Wildman–Crippen MR) is 90.0 cm³/mol. The Labute approximate surface area is 130 Å². The molecule has 1 aliphatic heterocycles. The van der Waals surface area contributed by atoms with Crippen LogP contribution in [0, 0.1) is 0 Å². The van der Waals surface area contributed by atoms with Gasteiger partial charge in [0.1, 0.15) is 0 Å². The summed E-state index contributed by atoms with van der Waals surface area (Å²) in [7, 11) is -1.62. The van der Waals surface area contributed by atoms with Gasteiger partial charge in [0.25, 0.3) is 0 Å². The Morgan fingerprint density at radius 3 is 2.29 bits per heavy atom. The third-order valence-corrected chi connectivity index (χ3v) is 9.14. The van der Waals surface area contributed by atoms with Gasteiger partial charge in [-0.2, -0.15) is 0 Å². The topological polar surface area (TPSA) is 40.4 Å². The van der Waals surface area contributed by atoms with E-state index >= 15 is 0 Å². The second-order valence-corrected chi connectivity index (χ2v) is 12.3. The third-order valence-electron chi connectivity index (χ3n) is 4.64. The Hall–Kier alpha value is -0.683. The van der Waals surface area contributed by atoms with Crippen molar-refractivity contribution in [3.8, 4) is 0 Å². The molecule has 0 amide bonds. The van der Waals surface area contributed by atoms with Crippen LogP contribution in [0.1, 0.15) is 26.3 Å². The van der Waals surface area contributed by atoms with Crippen LogP contribution in [0.5, 0.6) is 0 Å². The molecule has 21 heavy (non-hydrogen) atoms. The van der Waals surface area contributed by atoms with Crippen molar-refractivity contribution in [2.75, 3.05) is 13.2 Å². The van der Waals surface area contributed by atoms with Crippen molar-refractivity contribution in [2.45, 2.75) is 57.6 Å². The normalized spacial score (nSPS) is 22.3. The lowest BCUT2D eigenvalue weighted by molar-refractivity contribution is 0.120. The lowest BCUT2D eigenvalue weighted by atomic mass is 10.2. The van der Waals surface area contributed by atoms with Gasteiger partial charge < -0.3 is 14.5 Å². The molecule has 3 nitrogen and oxygen atoms in total. The molecule has 0 unspecified atom stereocenters. The van der Waals surface area contributed by atoms with Gasteiger partial charge in [0.05, 0.1) is 19.8 Å². The van der Waals surface area contributed by atoms with Crippen LogP contribution in [-0.4, -0.2) is 33.6 Å². The molecule has 0 radical (unpaired) electrons. The maximum atomic E-state index is 6.23. The predicted octanol–water partition coefficient (Wildman–Crippen LogP) is 3.57. The molecule has 2 atom stereocenters. The fourth-order valence-electron chi connectivity index (χ4n) is 1.94. The number of rotatable bonds is 7. The van der Waals surface area contributed by atoms with Gasteiger partial charge in [-0.1, -0.05) is 51.1 Å². The zero-order chi connectivity index (χ0) is 15.5. The third kappa shape index (κ3) is 4.92. The molecule has 0 saturated carbocycles. The zero-order valence-corrected chi connectivity index (χ0v) is 15.0. The van der Waals surface area contributed by atoms with Crippen LogP contribution >= 0.6 is 0 Å². The molecule has 0 spiro atoms. The monoisotopic (exact) mass is 307 g/mol. The van der Waals surface area contributed by atoms with Crippen LogP contribution in [0.15, 0.2) is 30.3 Å². The number of hydrogen-bond acceptors (Lipinski definition) is 3. The van der Waals surface area contributed by atoms with Gasteiger partial charge in [0.2, 0.25) is 0 Å². The van der Waals surface area contributed by atoms with E-state index in [-0.39, 0.29) is 5.04 Å². The molecular formula is C17H29NO2Si. The first-order valence-corrected chi connectivity index (χ1v) is 10.7. The molecule has 1 fully saturated rings. The molecule has 2 rings (SSSR count). The maximum absolute atomic E-state index is 6.23. The van der Waals surface area contributed by atoms with Crippen molar-refractivity contribution in [3.05, 3.63) is 35.9 Å². The van der Waals surface area contributed by atoms with Crippen molar-refractivity contribution in [1.82, 2.24) is 5.32 Å². The van der Waals surface area contributed by atoms with Gasteiger partial charge in [-0.15, -0.1) is 0 Å². The minimum absolute atomic E-state index is 0.279. The molecule has 0 aromatic heterocycles. The van der Waals surface area contributed by atoms with E-state index in [0.717, 1.165) is 13.2 Å². The largest absolute Gasteiger partial charge is 0.415 e. The SMILES string of the molecule is CC(C)(C)[Si](C)(C)OC[C@@H]1N[C@@H]1COCc1ccccc1. The maximum Gasteiger partial charge on any atom is 0.192 e. The fourth-order valence-corrected chi connectivity index (χ4v) is 2.97. The fraction of sp³-hybridized carbons (Fsp3) is 0.647. The van der Waals surface area contributed by atoms with E-state index in [9.17, 15) is 0 Å². The van der Waals surface area contributed by atoms with Gasteiger partial charge in [0.15, 0.2) is 8.32 Å². The molecule has 118 valence electrons. The van der Waals surface area contributed by atoms with Gasteiger partial charge in [0, 0.05) is 12.1 Å². The van der Waals surface area contributed by atoms with Crippen molar-refractivity contribution < 1.29 is 9.16 Å². The summed E-state index contributed by atoms with van der Waals surface area (Å²) in [5.74, 6) is 0. The van der Waals surface area contributed by atoms with E-state index in [4.69, 9.17) is 9.16 Å². The van der Waals surface area contributed by atoms with Crippen molar-refractivity contribution in [2.24, 2.45) is 0 Å². The first kappa shape index (κ1) is 16.7. The number of nitrogens with one attached hydrogen (secondary N) is 1. The summed E-state index contributed by atoms with van der Waals surface area (Å²) in [5.41, 5.74) is 1.23.